The van der Waals surface area contributed by atoms with E-state index in [-0.39, 0.29) is 0 Å². The highest BCUT2D eigenvalue weighted by Crippen LogP contribution is 2.09. The van der Waals surface area contributed by atoms with E-state index in [0.717, 1.165) is 44.8 Å². The van der Waals surface area contributed by atoms with Crippen molar-refractivity contribution < 1.29 is 4.74 Å². The molecule has 0 aromatic heterocycles. The molecule has 3 heteroatoms. The van der Waals surface area contributed by atoms with Crippen molar-refractivity contribution in [3.8, 4) is 0 Å². The van der Waals surface area contributed by atoms with E-state index in [2.05, 4.69) is 17.5 Å². The first-order valence-electron chi connectivity index (χ1n) is 6.43. The van der Waals surface area contributed by atoms with Crippen molar-refractivity contribution in [3.05, 3.63) is 42.5 Å². The zero-order valence-corrected chi connectivity index (χ0v) is 11.3. The minimum Gasteiger partial charge on any atom is -0.399 e. The van der Waals surface area contributed by atoms with Gasteiger partial charge in [-0.05, 0) is 37.1 Å². The third kappa shape index (κ3) is 5.84. The molecule has 0 saturated heterocycles. The Morgan fingerprint density at radius 3 is 2.89 bits per heavy atom. The maximum Gasteiger partial charge on any atom is 0.0589 e. The molecule has 0 aliphatic carbocycles. The van der Waals surface area contributed by atoms with Gasteiger partial charge in [-0.3, -0.25) is 4.90 Å². The van der Waals surface area contributed by atoms with E-state index in [1.807, 2.05) is 24.3 Å². The first-order valence-corrected chi connectivity index (χ1v) is 6.43. The molecular formula is C15H24N2O. The van der Waals surface area contributed by atoms with E-state index in [0.29, 0.717) is 0 Å². The first-order chi connectivity index (χ1) is 8.76. The lowest BCUT2D eigenvalue weighted by atomic mass is 10.1. The Hall–Kier alpha value is -1.32. The van der Waals surface area contributed by atoms with Crippen LogP contribution in [0.2, 0.25) is 0 Å². The molecule has 0 heterocycles. The zero-order valence-electron chi connectivity index (χ0n) is 11.3. The summed E-state index contributed by atoms with van der Waals surface area (Å²) in [5.74, 6) is 0. The van der Waals surface area contributed by atoms with Crippen molar-refractivity contribution in [2.75, 3.05) is 39.1 Å². The van der Waals surface area contributed by atoms with E-state index in [9.17, 15) is 0 Å². The van der Waals surface area contributed by atoms with E-state index < -0.39 is 0 Å². The van der Waals surface area contributed by atoms with Crippen LogP contribution in [0.4, 0.5) is 5.69 Å². The molecule has 1 aromatic carbocycles. The number of hydrogen-bond acceptors (Lipinski definition) is 3. The standard InChI is InChI=1S/C15H24N2O/c1-3-9-17(11-12-18-2)10-5-7-14-6-4-8-15(16)13-14/h3-4,6,8,13H,1,5,7,9-12,16H2,2H3. The summed E-state index contributed by atoms with van der Waals surface area (Å²) in [6.07, 6.45) is 4.13. The molecule has 1 rings (SSSR count). The SMILES string of the molecule is C=CCN(CCCc1cccc(N)c1)CCOC. The molecule has 100 valence electrons. The van der Waals surface area contributed by atoms with Gasteiger partial charge in [0.25, 0.3) is 0 Å². The van der Waals surface area contributed by atoms with Crippen LogP contribution in [0.1, 0.15) is 12.0 Å². The van der Waals surface area contributed by atoms with Crippen molar-refractivity contribution in [2.45, 2.75) is 12.8 Å². The molecule has 2 N–H and O–H groups in total. The molecule has 0 amide bonds. The van der Waals surface area contributed by atoms with Crippen LogP contribution in [-0.4, -0.2) is 38.3 Å². The summed E-state index contributed by atoms with van der Waals surface area (Å²) in [5, 5.41) is 0. The molecule has 0 unspecified atom stereocenters. The monoisotopic (exact) mass is 248 g/mol. The van der Waals surface area contributed by atoms with Crippen LogP contribution in [0.3, 0.4) is 0 Å². The Balaban J connectivity index is 2.31. The number of hydrogen-bond donors (Lipinski definition) is 1. The van der Waals surface area contributed by atoms with E-state index in [1.165, 1.54) is 5.56 Å². The molecule has 0 aliphatic heterocycles. The van der Waals surface area contributed by atoms with E-state index in [4.69, 9.17) is 10.5 Å². The highest BCUT2D eigenvalue weighted by atomic mass is 16.5. The van der Waals surface area contributed by atoms with Crippen LogP contribution in [0.25, 0.3) is 0 Å². The number of nitrogens with two attached hydrogens (primary N) is 1. The highest BCUT2D eigenvalue weighted by Gasteiger charge is 2.02. The van der Waals surface area contributed by atoms with Crippen molar-refractivity contribution in [2.24, 2.45) is 0 Å². The number of rotatable bonds is 9. The molecule has 0 saturated carbocycles. The summed E-state index contributed by atoms with van der Waals surface area (Å²) in [5.41, 5.74) is 7.91. The minimum atomic E-state index is 0.770. The Morgan fingerprint density at radius 2 is 2.22 bits per heavy atom. The summed E-state index contributed by atoms with van der Waals surface area (Å²) in [7, 11) is 1.73. The molecule has 0 atom stereocenters. The van der Waals surface area contributed by atoms with Crippen LogP contribution in [0.5, 0.6) is 0 Å². The van der Waals surface area contributed by atoms with Gasteiger partial charge in [-0.15, -0.1) is 6.58 Å². The Labute approximate surface area is 110 Å². The third-order valence-corrected chi connectivity index (χ3v) is 2.89. The van der Waals surface area contributed by atoms with Gasteiger partial charge in [-0.2, -0.15) is 0 Å². The topological polar surface area (TPSA) is 38.5 Å². The quantitative estimate of drug-likeness (QED) is 0.538. The fourth-order valence-electron chi connectivity index (χ4n) is 1.95. The maximum atomic E-state index is 5.76. The first kappa shape index (κ1) is 14.7. The molecular weight excluding hydrogens is 224 g/mol. The number of nitrogens with zero attached hydrogens (tertiary/aromatic N) is 1. The number of benzene rings is 1. The van der Waals surface area contributed by atoms with Crippen LogP contribution in [0.15, 0.2) is 36.9 Å². The van der Waals surface area contributed by atoms with Crippen LogP contribution >= 0.6 is 0 Å². The number of methoxy groups -OCH3 is 1. The summed E-state index contributed by atoms with van der Waals surface area (Å²) in [6, 6.07) is 8.11. The Morgan fingerprint density at radius 1 is 1.39 bits per heavy atom. The predicted molar refractivity (Wildman–Crippen MR) is 77.7 cm³/mol. The fraction of sp³-hybridized carbons (Fsp3) is 0.467. The van der Waals surface area contributed by atoms with Crippen molar-refractivity contribution in [1.82, 2.24) is 4.90 Å². The van der Waals surface area contributed by atoms with Gasteiger partial charge >= 0.3 is 0 Å². The maximum absolute atomic E-state index is 5.76. The van der Waals surface area contributed by atoms with Crippen LogP contribution < -0.4 is 5.73 Å². The largest absolute Gasteiger partial charge is 0.399 e. The van der Waals surface area contributed by atoms with Crippen LogP contribution in [-0.2, 0) is 11.2 Å². The Kier molecular flexibility index (Phi) is 7.14. The Bertz CT molecular complexity index is 352. The van der Waals surface area contributed by atoms with Gasteiger partial charge in [0.15, 0.2) is 0 Å². The minimum absolute atomic E-state index is 0.770. The molecule has 0 fully saturated rings. The van der Waals surface area contributed by atoms with E-state index >= 15 is 0 Å². The van der Waals surface area contributed by atoms with Gasteiger partial charge in [0.2, 0.25) is 0 Å². The average Bonchev–Trinajstić information content (AvgIpc) is 2.36. The summed E-state index contributed by atoms with van der Waals surface area (Å²) in [4.78, 5) is 2.35. The van der Waals surface area contributed by atoms with Gasteiger partial charge in [-0.1, -0.05) is 18.2 Å². The zero-order chi connectivity index (χ0) is 13.2. The summed E-state index contributed by atoms with van der Waals surface area (Å²) < 4.78 is 5.11. The van der Waals surface area contributed by atoms with Crippen molar-refractivity contribution in [1.29, 1.82) is 0 Å². The lowest BCUT2D eigenvalue weighted by Gasteiger charge is -2.20. The summed E-state index contributed by atoms with van der Waals surface area (Å²) in [6.45, 7) is 7.49. The fourth-order valence-corrected chi connectivity index (χ4v) is 1.95. The molecule has 0 radical (unpaired) electrons. The second-order valence-electron chi connectivity index (χ2n) is 4.43. The lowest BCUT2D eigenvalue weighted by Crippen LogP contribution is -2.28. The van der Waals surface area contributed by atoms with E-state index in [1.54, 1.807) is 7.11 Å². The van der Waals surface area contributed by atoms with Crippen molar-refractivity contribution >= 4 is 5.69 Å². The lowest BCUT2D eigenvalue weighted by molar-refractivity contribution is 0.153. The van der Waals surface area contributed by atoms with Gasteiger partial charge < -0.3 is 10.5 Å². The second kappa shape index (κ2) is 8.72. The summed E-state index contributed by atoms with van der Waals surface area (Å²) >= 11 is 0. The molecule has 1 aromatic rings. The average molecular weight is 248 g/mol. The third-order valence-electron chi connectivity index (χ3n) is 2.89. The number of anilines is 1. The van der Waals surface area contributed by atoms with Gasteiger partial charge in [0.1, 0.15) is 0 Å². The van der Waals surface area contributed by atoms with Gasteiger partial charge in [-0.25, -0.2) is 0 Å². The normalized spacial score (nSPS) is 10.8. The van der Waals surface area contributed by atoms with Gasteiger partial charge in [0.05, 0.1) is 6.61 Å². The predicted octanol–water partition coefficient (Wildman–Crippen LogP) is 2.34. The van der Waals surface area contributed by atoms with Crippen LogP contribution in [0, 0.1) is 0 Å². The van der Waals surface area contributed by atoms with Crippen molar-refractivity contribution in [3.63, 3.8) is 0 Å². The number of nitrogen functional groups attached to an aromatic ring is 1. The number of ether oxygens (including phenoxy) is 1. The second-order valence-corrected chi connectivity index (χ2v) is 4.43. The molecule has 0 bridgehead atoms. The molecule has 0 aliphatic rings. The molecule has 3 nitrogen and oxygen atoms in total. The smallest absolute Gasteiger partial charge is 0.0589 e. The molecule has 0 spiro atoms. The highest BCUT2D eigenvalue weighted by molar-refractivity contribution is 5.40. The van der Waals surface area contributed by atoms with Gasteiger partial charge in [0, 0.05) is 25.9 Å². The molecule has 18 heavy (non-hydrogen) atoms. The number of aryl methyl sites for hydroxylation is 1.